The van der Waals surface area contributed by atoms with E-state index in [1.165, 1.54) is 16.7 Å². The normalized spacial score (nSPS) is 12.3. The number of benzene rings is 6. The number of hydrogen-bond acceptors (Lipinski definition) is 3. The van der Waals surface area contributed by atoms with Crippen molar-refractivity contribution in [1.29, 1.82) is 0 Å². The number of nitrogens with zero attached hydrogens (tertiary/aromatic N) is 2. The van der Waals surface area contributed by atoms with Crippen molar-refractivity contribution in [3.05, 3.63) is 150 Å². The minimum Gasteiger partial charge on any atom is -0.455 e. The molecule has 0 saturated heterocycles. The minimum atomic E-state index is 0.417. The standard InChI is InChI=1S/C41H33N3O/c1-26(2)27-16-18-28(19-17-27)30-20-21-34-37(24-30)44(36-23-22-32-31-12-7-9-15-38(31)45-41(32)39(34)36)25-43-40(29-10-4-3-5-11-29)33-13-6-8-14-35(33)42/h3-24,26H,25,42H2,1-2H3. The second-order valence-corrected chi connectivity index (χ2v) is 12.0. The molecule has 0 spiro atoms. The molecule has 4 nitrogen and oxygen atoms in total. The van der Waals surface area contributed by atoms with E-state index in [2.05, 4.69) is 97.3 Å². The lowest BCUT2D eigenvalue weighted by atomic mass is 9.98. The lowest BCUT2D eigenvalue weighted by molar-refractivity contribution is 0.672. The number of aliphatic imine (C=N–C) groups is 1. The Morgan fingerprint density at radius 3 is 2.20 bits per heavy atom. The monoisotopic (exact) mass is 583 g/mol. The Bertz CT molecular complexity index is 2370. The number of para-hydroxylation sites is 2. The molecule has 0 bridgehead atoms. The van der Waals surface area contributed by atoms with Gasteiger partial charge in [-0.2, -0.15) is 0 Å². The van der Waals surface area contributed by atoms with Crippen molar-refractivity contribution in [3.63, 3.8) is 0 Å². The zero-order chi connectivity index (χ0) is 30.5. The molecule has 0 aliphatic carbocycles. The van der Waals surface area contributed by atoms with Crippen molar-refractivity contribution in [1.82, 2.24) is 4.57 Å². The first-order valence-corrected chi connectivity index (χ1v) is 15.5. The van der Waals surface area contributed by atoms with Crippen LogP contribution in [-0.2, 0) is 6.67 Å². The lowest BCUT2D eigenvalue weighted by Crippen LogP contribution is -2.09. The van der Waals surface area contributed by atoms with E-state index in [1.54, 1.807) is 0 Å². The first kappa shape index (κ1) is 27.0. The number of furan rings is 1. The van der Waals surface area contributed by atoms with Crippen LogP contribution in [0.15, 0.2) is 143 Å². The highest BCUT2D eigenvalue weighted by Crippen LogP contribution is 2.40. The Labute approximate surface area is 262 Å². The van der Waals surface area contributed by atoms with Gasteiger partial charge in [-0.3, -0.25) is 4.99 Å². The van der Waals surface area contributed by atoms with E-state index < -0.39 is 0 Å². The third-order valence-electron chi connectivity index (χ3n) is 8.92. The summed E-state index contributed by atoms with van der Waals surface area (Å²) in [6, 6.07) is 46.6. The summed E-state index contributed by atoms with van der Waals surface area (Å²) < 4.78 is 8.86. The molecule has 2 heterocycles. The summed E-state index contributed by atoms with van der Waals surface area (Å²) in [5.41, 5.74) is 17.7. The van der Waals surface area contributed by atoms with Crippen LogP contribution in [0.2, 0.25) is 0 Å². The second kappa shape index (κ2) is 10.8. The fraction of sp³-hybridized carbons (Fsp3) is 0.0976. The summed E-state index contributed by atoms with van der Waals surface area (Å²) >= 11 is 0. The van der Waals surface area contributed by atoms with Crippen molar-refractivity contribution < 1.29 is 4.42 Å². The fourth-order valence-corrected chi connectivity index (χ4v) is 6.53. The van der Waals surface area contributed by atoms with Crippen LogP contribution in [0.1, 0.15) is 36.5 Å². The summed E-state index contributed by atoms with van der Waals surface area (Å²) in [6.07, 6.45) is 0. The Kier molecular flexibility index (Phi) is 6.49. The summed E-state index contributed by atoms with van der Waals surface area (Å²) in [7, 11) is 0. The number of nitrogen functional groups attached to an aromatic ring is 1. The van der Waals surface area contributed by atoms with Crippen LogP contribution in [0.3, 0.4) is 0 Å². The molecule has 45 heavy (non-hydrogen) atoms. The van der Waals surface area contributed by atoms with Crippen molar-refractivity contribution in [3.8, 4) is 11.1 Å². The highest BCUT2D eigenvalue weighted by molar-refractivity contribution is 6.23. The third kappa shape index (κ3) is 4.58. The number of hydrogen-bond donors (Lipinski definition) is 1. The van der Waals surface area contributed by atoms with Gasteiger partial charge in [-0.05, 0) is 52.9 Å². The average Bonchev–Trinajstić information content (AvgIpc) is 3.61. The van der Waals surface area contributed by atoms with Gasteiger partial charge in [0.15, 0.2) is 0 Å². The van der Waals surface area contributed by atoms with Gasteiger partial charge < -0.3 is 14.7 Å². The number of fused-ring (bicyclic) bond motifs is 7. The minimum absolute atomic E-state index is 0.417. The van der Waals surface area contributed by atoms with Crippen LogP contribution in [0.4, 0.5) is 5.69 Å². The molecule has 0 unspecified atom stereocenters. The van der Waals surface area contributed by atoms with Gasteiger partial charge in [0, 0.05) is 33.0 Å². The molecule has 2 N–H and O–H groups in total. The Morgan fingerprint density at radius 1 is 0.689 bits per heavy atom. The van der Waals surface area contributed by atoms with Gasteiger partial charge in [0.2, 0.25) is 0 Å². The zero-order valence-corrected chi connectivity index (χ0v) is 25.4. The average molecular weight is 584 g/mol. The zero-order valence-electron chi connectivity index (χ0n) is 25.4. The van der Waals surface area contributed by atoms with Crippen LogP contribution in [0.5, 0.6) is 0 Å². The molecule has 8 rings (SSSR count). The van der Waals surface area contributed by atoms with Crippen LogP contribution in [0, 0.1) is 0 Å². The third-order valence-corrected chi connectivity index (χ3v) is 8.92. The van der Waals surface area contributed by atoms with Gasteiger partial charge in [-0.15, -0.1) is 0 Å². The van der Waals surface area contributed by atoms with Crippen molar-refractivity contribution in [2.45, 2.75) is 26.4 Å². The van der Waals surface area contributed by atoms with Gasteiger partial charge in [-0.1, -0.05) is 117 Å². The predicted molar refractivity (Wildman–Crippen MR) is 189 cm³/mol. The molecule has 0 saturated carbocycles. The smallest absolute Gasteiger partial charge is 0.145 e. The van der Waals surface area contributed by atoms with E-state index in [0.717, 1.165) is 60.6 Å². The molecule has 0 fully saturated rings. The molecule has 0 radical (unpaired) electrons. The van der Waals surface area contributed by atoms with Gasteiger partial charge in [0.25, 0.3) is 0 Å². The molecule has 2 aromatic heterocycles. The molecule has 8 aromatic rings. The van der Waals surface area contributed by atoms with Gasteiger partial charge >= 0.3 is 0 Å². The maximum absolute atomic E-state index is 6.55. The van der Waals surface area contributed by atoms with Crippen LogP contribution < -0.4 is 5.73 Å². The quantitative estimate of drug-likeness (QED) is 0.156. The Morgan fingerprint density at radius 2 is 1.40 bits per heavy atom. The van der Waals surface area contributed by atoms with Gasteiger partial charge in [0.05, 0.1) is 22.1 Å². The molecular weight excluding hydrogens is 550 g/mol. The van der Waals surface area contributed by atoms with E-state index in [4.69, 9.17) is 15.1 Å². The molecule has 6 aromatic carbocycles. The van der Waals surface area contributed by atoms with E-state index in [1.807, 2.05) is 54.6 Å². The number of anilines is 1. The number of aromatic nitrogens is 1. The van der Waals surface area contributed by atoms with Gasteiger partial charge in [-0.25, -0.2) is 0 Å². The summed E-state index contributed by atoms with van der Waals surface area (Å²) in [5, 5.41) is 4.50. The first-order valence-electron chi connectivity index (χ1n) is 15.5. The maximum atomic E-state index is 6.55. The molecule has 4 heteroatoms. The summed E-state index contributed by atoms with van der Waals surface area (Å²) in [6.45, 7) is 4.87. The largest absolute Gasteiger partial charge is 0.455 e. The second-order valence-electron chi connectivity index (χ2n) is 12.0. The highest BCUT2D eigenvalue weighted by atomic mass is 16.3. The SMILES string of the molecule is CC(C)c1ccc(-c2ccc3c4c5oc6ccccc6c5ccc4n(CN=C(c4ccccc4)c4ccccc4N)c3c2)cc1. The van der Waals surface area contributed by atoms with E-state index in [0.29, 0.717) is 18.3 Å². The van der Waals surface area contributed by atoms with Crippen molar-refractivity contribution >= 4 is 55.1 Å². The topological polar surface area (TPSA) is 56.5 Å². The lowest BCUT2D eigenvalue weighted by Gasteiger charge is -2.12. The Balaban J connectivity index is 1.37. The predicted octanol–water partition coefficient (Wildman–Crippen LogP) is 10.6. The first-order chi connectivity index (χ1) is 22.1. The molecule has 0 atom stereocenters. The van der Waals surface area contributed by atoms with Crippen LogP contribution in [0.25, 0.3) is 54.9 Å². The molecule has 0 aliphatic heterocycles. The van der Waals surface area contributed by atoms with Gasteiger partial charge in [0.1, 0.15) is 17.8 Å². The summed E-state index contributed by atoms with van der Waals surface area (Å²) in [5.74, 6) is 0.491. The van der Waals surface area contributed by atoms with Crippen LogP contribution >= 0.6 is 0 Å². The maximum Gasteiger partial charge on any atom is 0.145 e. The molecular formula is C41H33N3O. The Hall–Kier alpha value is -5.61. The van der Waals surface area contributed by atoms with Crippen molar-refractivity contribution in [2.24, 2.45) is 4.99 Å². The van der Waals surface area contributed by atoms with Crippen LogP contribution in [-0.4, -0.2) is 10.3 Å². The molecule has 0 aliphatic rings. The highest BCUT2D eigenvalue weighted by Gasteiger charge is 2.19. The fourth-order valence-electron chi connectivity index (χ4n) is 6.53. The van der Waals surface area contributed by atoms with E-state index in [-0.39, 0.29) is 0 Å². The molecule has 0 amide bonds. The van der Waals surface area contributed by atoms with E-state index >= 15 is 0 Å². The number of nitrogens with two attached hydrogens (primary N) is 1. The van der Waals surface area contributed by atoms with Crippen molar-refractivity contribution in [2.75, 3.05) is 5.73 Å². The number of rotatable bonds is 6. The van der Waals surface area contributed by atoms with E-state index in [9.17, 15) is 0 Å². The molecule has 218 valence electrons. The summed E-state index contributed by atoms with van der Waals surface area (Å²) in [4.78, 5) is 5.29.